The SMILES string of the molecule is CCCOCCCCOCCCNC(=O)CCC(=O)O. The molecule has 0 fully saturated rings. The van der Waals surface area contributed by atoms with Crippen LogP contribution in [0.4, 0.5) is 0 Å². The molecule has 0 aromatic carbocycles. The molecule has 0 aromatic heterocycles. The number of carbonyl (C=O) groups excluding carboxylic acids is 1. The van der Waals surface area contributed by atoms with Crippen molar-refractivity contribution >= 4 is 11.9 Å². The van der Waals surface area contributed by atoms with Gasteiger partial charge in [-0.2, -0.15) is 0 Å². The molecule has 0 saturated heterocycles. The lowest BCUT2D eigenvalue weighted by atomic mass is 10.3. The molecule has 0 unspecified atom stereocenters. The summed E-state index contributed by atoms with van der Waals surface area (Å²) in [5.41, 5.74) is 0. The molecule has 0 atom stereocenters. The van der Waals surface area contributed by atoms with Gasteiger partial charge in [0.25, 0.3) is 0 Å². The van der Waals surface area contributed by atoms with E-state index in [9.17, 15) is 9.59 Å². The highest BCUT2D eigenvalue weighted by Crippen LogP contribution is 1.94. The second-order valence-corrected chi connectivity index (χ2v) is 4.53. The van der Waals surface area contributed by atoms with E-state index in [0.717, 1.165) is 38.9 Å². The van der Waals surface area contributed by atoms with Crippen LogP contribution in [0.15, 0.2) is 0 Å². The van der Waals surface area contributed by atoms with Crippen LogP contribution < -0.4 is 5.32 Å². The molecule has 0 aliphatic rings. The van der Waals surface area contributed by atoms with Crippen molar-refractivity contribution in [3.05, 3.63) is 0 Å². The van der Waals surface area contributed by atoms with Crippen molar-refractivity contribution in [2.75, 3.05) is 33.0 Å². The van der Waals surface area contributed by atoms with E-state index in [0.29, 0.717) is 19.8 Å². The van der Waals surface area contributed by atoms with E-state index < -0.39 is 5.97 Å². The lowest BCUT2D eigenvalue weighted by Gasteiger charge is -2.06. The third-order valence-corrected chi connectivity index (χ3v) is 2.53. The molecule has 0 radical (unpaired) electrons. The molecule has 0 heterocycles. The monoisotopic (exact) mass is 289 g/mol. The first-order valence-corrected chi connectivity index (χ1v) is 7.30. The summed E-state index contributed by atoms with van der Waals surface area (Å²) in [6.07, 6.45) is 3.69. The molecule has 0 saturated carbocycles. The van der Waals surface area contributed by atoms with Gasteiger partial charge in [-0.1, -0.05) is 6.92 Å². The number of hydrogen-bond acceptors (Lipinski definition) is 4. The molecule has 2 N–H and O–H groups in total. The molecule has 0 spiro atoms. The molecule has 6 heteroatoms. The van der Waals surface area contributed by atoms with E-state index in [2.05, 4.69) is 12.2 Å². The largest absolute Gasteiger partial charge is 0.481 e. The molecule has 1 amide bonds. The normalized spacial score (nSPS) is 10.4. The van der Waals surface area contributed by atoms with Gasteiger partial charge in [0, 0.05) is 39.4 Å². The van der Waals surface area contributed by atoms with E-state index in [-0.39, 0.29) is 18.7 Å². The highest BCUT2D eigenvalue weighted by atomic mass is 16.5. The van der Waals surface area contributed by atoms with Crippen LogP contribution >= 0.6 is 0 Å². The van der Waals surface area contributed by atoms with Crippen LogP contribution in [0.2, 0.25) is 0 Å². The molecule has 0 bridgehead atoms. The summed E-state index contributed by atoms with van der Waals surface area (Å²) in [5, 5.41) is 11.1. The van der Waals surface area contributed by atoms with Gasteiger partial charge < -0.3 is 19.9 Å². The van der Waals surface area contributed by atoms with Gasteiger partial charge in [0.15, 0.2) is 0 Å². The second kappa shape index (κ2) is 14.3. The maximum Gasteiger partial charge on any atom is 0.303 e. The van der Waals surface area contributed by atoms with Crippen molar-refractivity contribution < 1.29 is 24.2 Å². The lowest BCUT2D eigenvalue weighted by molar-refractivity contribution is -0.138. The third-order valence-electron chi connectivity index (χ3n) is 2.53. The minimum Gasteiger partial charge on any atom is -0.481 e. The van der Waals surface area contributed by atoms with Crippen LogP contribution in [0.5, 0.6) is 0 Å². The fraction of sp³-hybridized carbons (Fsp3) is 0.857. The third kappa shape index (κ3) is 14.9. The Morgan fingerprint density at radius 1 is 0.950 bits per heavy atom. The number of carboxylic acids is 1. The highest BCUT2D eigenvalue weighted by molar-refractivity contribution is 5.80. The maximum absolute atomic E-state index is 11.2. The predicted octanol–water partition coefficient (Wildman–Crippen LogP) is 1.58. The fourth-order valence-corrected chi connectivity index (χ4v) is 1.47. The van der Waals surface area contributed by atoms with Crippen molar-refractivity contribution in [2.45, 2.75) is 45.4 Å². The predicted molar refractivity (Wildman–Crippen MR) is 75.7 cm³/mol. The zero-order chi connectivity index (χ0) is 15.1. The smallest absolute Gasteiger partial charge is 0.303 e. The Bertz CT molecular complexity index is 258. The number of nitrogens with one attached hydrogen (secondary N) is 1. The molecule has 118 valence electrons. The van der Waals surface area contributed by atoms with Gasteiger partial charge in [-0.3, -0.25) is 9.59 Å². The van der Waals surface area contributed by atoms with Gasteiger partial charge in [0.1, 0.15) is 0 Å². The van der Waals surface area contributed by atoms with E-state index in [4.69, 9.17) is 14.6 Å². The summed E-state index contributed by atoms with van der Waals surface area (Å²) in [7, 11) is 0. The molecule has 0 aliphatic heterocycles. The molecular weight excluding hydrogens is 262 g/mol. The molecular formula is C14H27NO5. The summed E-state index contributed by atoms with van der Waals surface area (Å²) >= 11 is 0. The van der Waals surface area contributed by atoms with Crippen molar-refractivity contribution in [1.82, 2.24) is 5.32 Å². The molecule has 0 aromatic rings. The van der Waals surface area contributed by atoms with Gasteiger partial charge in [-0.15, -0.1) is 0 Å². The Morgan fingerprint density at radius 2 is 1.55 bits per heavy atom. The van der Waals surface area contributed by atoms with E-state index in [1.165, 1.54) is 0 Å². The zero-order valence-electron chi connectivity index (χ0n) is 12.4. The summed E-state index contributed by atoms with van der Waals surface area (Å²) in [4.78, 5) is 21.4. The van der Waals surface area contributed by atoms with Crippen LogP contribution in [0, 0.1) is 0 Å². The first-order chi connectivity index (χ1) is 9.66. The van der Waals surface area contributed by atoms with E-state index in [1.54, 1.807) is 0 Å². The van der Waals surface area contributed by atoms with Crippen molar-refractivity contribution in [2.24, 2.45) is 0 Å². The number of ether oxygens (including phenoxy) is 2. The van der Waals surface area contributed by atoms with Crippen LogP contribution in [0.25, 0.3) is 0 Å². The second-order valence-electron chi connectivity index (χ2n) is 4.53. The number of rotatable bonds is 14. The number of hydrogen-bond donors (Lipinski definition) is 2. The number of amides is 1. The average Bonchev–Trinajstić information content (AvgIpc) is 2.42. The van der Waals surface area contributed by atoms with Crippen LogP contribution in [-0.2, 0) is 19.1 Å². The Morgan fingerprint density at radius 3 is 2.15 bits per heavy atom. The van der Waals surface area contributed by atoms with Gasteiger partial charge in [-0.25, -0.2) is 0 Å². The van der Waals surface area contributed by atoms with Crippen molar-refractivity contribution in [3.63, 3.8) is 0 Å². The van der Waals surface area contributed by atoms with Gasteiger partial charge in [0.2, 0.25) is 5.91 Å². The molecule has 0 aliphatic carbocycles. The maximum atomic E-state index is 11.2. The zero-order valence-corrected chi connectivity index (χ0v) is 12.4. The quantitative estimate of drug-likeness (QED) is 0.474. The first kappa shape index (κ1) is 18.9. The molecule has 6 nitrogen and oxygen atoms in total. The number of aliphatic carboxylic acids is 1. The first-order valence-electron chi connectivity index (χ1n) is 7.30. The fourth-order valence-electron chi connectivity index (χ4n) is 1.47. The Balaban J connectivity index is 3.12. The summed E-state index contributed by atoms with van der Waals surface area (Å²) in [6, 6.07) is 0. The van der Waals surface area contributed by atoms with E-state index >= 15 is 0 Å². The Labute approximate surface area is 120 Å². The molecule has 20 heavy (non-hydrogen) atoms. The summed E-state index contributed by atoms with van der Waals surface area (Å²) < 4.78 is 10.8. The summed E-state index contributed by atoms with van der Waals surface area (Å²) in [5.74, 6) is -1.17. The van der Waals surface area contributed by atoms with Crippen LogP contribution in [0.1, 0.15) is 45.4 Å². The van der Waals surface area contributed by atoms with Crippen molar-refractivity contribution in [3.8, 4) is 0 Å². The van der Waals surface area contributed by atoms with E-state index in [1.807, 2.05) is 0 Å². The average molecular weight is 289 g/mol. The van der Waals surface area contributed by atoms with Gasteiger partial charge in [0.05, 0.1) is 6.42 Å². The number of unbranched alkanes of at least 4 members (excludes halogenated alkanes) is 1. The highest BCUT2D eigenvalue weighted by Gasteiger charge is 2.03. The minimum absolute atomic E-state index is 0.0357. The van der Waals surface area contributed by atoms with Crippen LogP contribution in [0.3, 0.4) is 0 Å². The van der Waals surface area contributed by atoms with Gasteiger partial charge in [-0.05, 0) is 25.7 Å². The Kier molecular flexibility index (Phi) is 13.5. The standard InChI is InChI=1S/C14H27NO5/c1-2-9-19-10-3-4-11-20-12-5-8-15-13(16)6-7-14(17)18/h2-12H2,1H3,(H,15,16)(H,17,18). The molecule has 0 rings (SSSR count). The van der Waals surface area contributed by atoms with Gasteiger partial charge >= 0.3 is 5.97 Å². The topological polar surface area (TPSA) is 84.9 Å². The van der Waals surface area contributed by atoms with Crippen LogP contribution in [-0.4, -0.2) is 50.0 Å². The van der Waals surface area contributed by atoms with Crippen molar-refractivity contribution in [1.29, 1.82) is 0 Å². The Hall–Kier alpha value is -1.14. The summed E-state index contributed by atoms with van der Waals surface area (Å²) in [6.45, 7) is 5.54. The number of carbonyl (C=O) groups is 2. The lowest BCUT2D eigenvalue weighted by Crippen LogP contribution is -2.25. The minimum atomic E-state index is -0.952. The number of carboxylic acid groups (broad SMARTS) is 1.